The third-order valence-electron chi connectivity index (χ3n) is 4.00. The Kier molecular flexibility index (Phi) is 5.37. The van der Waals surface area contributed by atoms with E-state index in [4.69, 9.17) is 0 Å². The zero-order chi connectivity index (χ0) is 16.8. The Labute approximate surface area is 141 Å². The predicted molar refractivity (Wildman–Crippen MR) is 90.4 cm³/mol. The second-order valence-electron chi connectivity index (χ2n) is 5.75. The van der Waals surface area contributed by atoms with Crippen molar-refractivity contribution in [3.05, 3.63) is 42.2 Å². The van der Waals surface area contributed by atoms with Crippen molar-refractivity contribution in [2.75, 3.05) is 13.1 Å². The summed E-state index contributed by atoms with van der Waals surface area (Å²) in [7, 11) is 0. The molecule has 0 saturated carbocycles. The molecule has 1 aliphatic heterocycles. The number of hydrogen-bond donors (Lipinski definition) is 3. The Morgan fingerprint density at radius 3 is 3.08 bits per heavy atom. The smallest absolute Gasteiger partial charge is 0.191 e. The van der Waals surface area contributed by atoms with Gasteiger partial charge in [0, 0.05) is 31.4 Å². The lowest BCUT2D eigenvalue weighted by Crippen LogP contribution is -2.47. The van der Waals surface area contributed by atoms with Crippen LogP contribution in [0, 0.1) is 0 Å². The summed E-state index contributed by atoms with van der Waals surface area (Å²) in [6.07, 6.45) is 6.18. The molecule has 3 rings (SSSR count). The zero-order valence-electron chi connectivity index (χ0n) is 13.8. The number of aliphatic hydroxyl groups excluding tert-OH is 1. The maximum atomic E-state index is 10.2. The summed E-state index contributed by atoms with van der Waals surface area (Å²) in [4.78, 5) is 12.7. The Hall–Kier alpha value is -2.48. The van der Waals surface area contributed by atoms with E-state index in [1.165, 1.54) is 0 Å². The summed E-state index contributed by atoms with van der Waals surface area (Å²) in [5, 5.41) is 21.1. The van der Waals surface area contributed by atoms with Crippen LogP contribution in [0.3, 0.4) is 0 Å². The minimum Gasteiger partial charge on any atom is -0.386 e. The number of fused-ring (bicyclic) bond motifs is 1. The van der Waals surface area contributed by atoms with Crippen LogP contribution in [-0.4, -0.2) is 49.9 Å². The number of pyridine rings is 1. The summed E-state index contributed by atoms with van der Waals surface area (Å²) >= 11 is 0. The van der Waals surface area contributed by atoms with Crippen LogP contribution in [0.2, 0.25) is 0 Å². The second kappa shape index (κ2) is 7.87. The molecule has 24 heavy (non-hydrogen) atoms. The normalized spacial score (nSPS) is 18.8. The van der Waals surface area contributed by atoms with Gasteiger partial charge in [-0.15, -0.1) is 0 Å². The number of guanidine groups is 1. The molecule has 128 valence electrons. The van der Waals surface area contributed by atoms with Gasteiger partial charge in [0.1, 0.15) is 12.2 Å². The molecule has 0 amide bonds. The molecule has 0 spiro atoms. The molecule has 0 bridgehead atoms. The van der Waals surface area contributed by atoms with Gasteiger partial charge in [-0.1, -0.05) is 0 Å². The van der Waals surface area contributed by atoms with Crippen LogP contribution in [0.1, 0.15) is 30.8 Å². The molecule has 2 aromatic rings. The fourth-order valence-electron chi connectivity index (χ4n) is 2.74. The van der Waals surface area contributed by atoms with Gasteiger partial charge in [0.15, 0.2) is 5.96 Å². The molecule has 8 nitrogen and oxygen atoms in total. The minimum absolute atomic E-state index is 0.245. The third-order valence-corrected chi connectivity index (χ3v) is 4.00. The summed E-state index contributed by atoms with van der Waals surface area (Å²) in [6, 6.07) is 3.84. The van der Waals surface area contributed by atoms with E-state index >= 15 is 0 Å². The maximum absolute atomic E-state index is 10.2. The number of hydrogen-bond acceptors (Lipinski definition) is 5. The molecular weight excluding hydrogens is 306 g/mol. The summed E-state index contributed by atoms with van der Waals surface area (Å²) in [5.41, 5.74) is 0.814. The topological polar surface area (TPSA) is 100 Å². The minimum atomic E-state index is -0.642. The van der Waals surface area contributed by atoms with Crippen molar-refractivity contribution in [1.82, 2.24) is 30.4 Å². The SMILES string of the molecule is CCNC(=NCC(O)c1ccncc1)NC1CCc2ncnn2C1. The van der Waals surface area contributed by atoms with Crippen molar-refractivity contribution < 1.29 is 5.11 Å². The van der Waals surface area contributed by atoms with Gasteiger partial charge in [0.05, 0.1) is 19.2 Å². The molecule has 0 aromatic carbocycles. The predicted octanol–water partition coefficient (Wildman–Crippen LogP) is 0.277. The van der Waals surface area contributed by atoms with E-state index in [9.17, 15) is 5.11 Å². The number of aromatic nitrogens is 4. The average Bonchev–Trinajstić information content (AvgIpc) is 3.08. The molecule has 0 fully saturated rings. The molecule has 3 N–H and O–H groups in total. The molecule has 0 saturated heterocycles. The average molecular weight is 329 g/mol. The molecule has 2 atom stereocenters. The third kappa shape index (κ3) is 4.08. The van der Waals surface area contributed by atoms with E-state index < -0.39 is 6.10 Å². The first-order valence-corrected chi connectivity index (χ1v) is 8.25. The van der Waals surface area contributed by atoms with Crippen LogP contribution >= 0.6 is 0 Å². The van der Waals surface area contributed by atoms with Gasteiger partial charge >= 0.3 is 0 Å². The standard InChI is InChI=1S/C16H23N7O/c1-2-18-16(19-9-14(24)12-5-7-17-8-6-12)22-13-3-4-15-20-11-21-23(15)10-13/h5-8,11,13-14,24H,2-4,9-10H2,1H3,(H2,18,19,22). The highest BCUT2D eigenvalue weighted by Crippen LogP contribution is 2.12. The van der Waals surface area contributed by atoms with Crippen LogP contribution in [0.4, 0.5) is 0 Å². The Morgan fingerprint density at radius 2 is 2.29 bits per heavy atom. The molecule has 8 heteroatoms. The van der Waals surface area contributed by atoms with Crippen molar-refractivity contribution in [2.24, 2.45) is 4.99 Å². The monoisotopic (exact) mass is 329 g/mol. The van der Waals surface area contributed by atoms with E-state index in [0.29, 0.717) is 12.5 Å². The van der Waals surface area contributed by atoms with Crippen LogP contribution in [0.25, 0.3) is 0 Å². The number of aryl methyl sites for hydroxylation is 1. The highest BCUT2D eigenvalue weighted by atomic mass is 16.3. The van der Waals surface area contributed by atoms with Crippen LogP contribution < -0.4 is 10.6 Å². The Bertz CT molecular complexity index is 670. The number of aliphatic imine (C=N–C) groups is 1. The van der Waals surface area contributed by atoms with Crippen molar-refractivity contribution in [1.29, 1.82) is 0 Å². The van der Waals surface area contributed by atoms with E-state index in [2.05, 4.69) is 30.7 Å². The molecule has 0 radical (unpaired) electrons. The first-order chi connectivity index (χ1) is 11.8. The van der Waals surface area contributed by atoms with E-state index in [-0.39, 0.29) is 6.04 Å². The van der Waals surface area contributed by atoms with Crippen LogP contribution in [0.5, 0.6) is 0 Å². The fraction of sp³-hybridized carbons (Fsp3) is 0.500. The van der Waals surface area contributed by atoms with Gasteiger partial charge in [-0.2, -0.15) is 5.10 Å². The van der Waals surface area contributed by atoms with Gasteiger partial charge in [-0.3, -0.25) is 9.98 Å². The van der Waals surface area contributed by atoms with Gasteiger partial charge in [0.2, 0.25) is 0 Å². The van der Waals surface area contributed by atoms with Gasteiger partial charge in [-0.25, -0.2) is 9.67 Å². The lowest BCUT2D eigenvalue weighted by Gasteiger charge is -2.25. The van der Waals surface area contributed by atoms with Crippen LogP contribution in [0.15, 0.2) is 35.8 Å². The second-order valence-corrected chi connectivity index (χ2v) is 5.75. The quantitative estimate of drug-likeness (QED) is 0.538. The van der Waals surface area contributed by atoms with Crippen LogP contribution in [-0.2, 0) is 13.0 Å². The lowest BCUT2D eigenvalue weighted by atomic mass is 10.1. The molecule has 3 heterocycles. The molecular formula is C16H23N7O. The van der Waals surface area contributed by atoms with E-state index in [1.807, 2.05) is 11.6 Å². The zero-order valence-corrected chi connectivity index (χ0v) is 13.8. The number of nitrogens with one attached hydrogen (secondary N) is 2. The first-order valence-electron chi connectivity index (χ1n) is 8.25. The number of rotatable bonds is 5. The van der Waals surface area contributed by atoms with Crippen molar-refractivity contribution in [2.45, 2.75) is 38.5 Å². The molecule has 1 aliphatic rings. The Balaban J connectivity index is 1.60. The highest BCUT2D eigenvalue weighted by Gasteiger charge is 2.20. The van der Waals surface area contributed by atoms with Gasteiger partial charge in [-0.05, 0) is 31.0 Å². The highest BCUT2D eigenvalue weighted by molar-refractivity contribution is 5.80. The number of nitrogens with zero attached hydrogens (tertiary/aromatic N) is 5. The first kappa shape index (κ1) is 16.4. The van der Waals surface area contributed by atoms with Crippen molar-refractivity contribution in [3.63, 3.8) is 0 Å². The van der Waals surface area contributed by atoms with E-state index in [0.717, 1.165) is 37.3 Å². The molecule has 2 unspecified atom stereocenters. The largest absolute Gasteiger partial charge is 0.386 e. The van der Waals surface area contributed by atoms with Gasteiger partial charge < -0.3 is 15.7 Å². The van der Waals surface area contributed by atoms with Gasteiger partial charge in [0.25, 0.3) is 0 Å². The van der Waals surface area contributed by atoms with Crippen molar-refractivity contribution in [3.8, 4) is 0 Å². The fourth-order valence-corrected chi connectivity index (χ4v) is 2.74. The Morgan fingerprint density at radius 1 is 1.46 bits per heavy atom. The summed E-state index contributed by atoms with van der Waals surface area (Å²) in [6.45, 7) is 3.85. The summed E-state index contributed by atoms with van der Waals surface area (Å²) in [5.74, 6) is 1.74. The molecule has 0 aliphatic carbocycles. The lowest BCUT2D eigenvalue weighted by molar-refractivity contribution is 0.187. The summed E-state index contributed by atoms with van der Waals surface area (Å²) < 4.78 is 1.93. The number of aliphatic hydroxyl groups is 1. The maximum Gasteiger partial charge on any atom is 0.191 e. The molecule has 2 aromatic heterocycles. The van der Waals surface area contributed by atoms with Crippen molar-refractivity contribution >= 4 is 5.96 Å². The van der Waals surface area contributed by atoms with E-state index in [1.54, 1.807) is 30.9 Å².